The van der Waals surface area contributed by atoms with Gasteiger partial charge in [-0.3, -0.25) is 9.69 Å². The number of ether oxygens (including phenoxy) is 1. The fourth-order valence-corrected chi connectivity index (χ4v) is 5.13. The molecule has 5 heteroatoms. The number of nitrogens with zero attached hydrogens (tertiary/aromatic N) is 2. The number of hydrogen-bond acceptors (Lipinski definition) is 4. The fraction of sp³-hybridized carbons (Fsp3) is 0.591. The minimum Gasteiger partial charge on any atom is -0.379 e. The molecule has 1 aromatic carbocycles. The summed E-state index contributed by atoms with van der Waals surface area (Å²) in [5.74, 6) is 0.380. The van der Waals surface area contributed by atoms with Gasteiger partial charge in [-0.15, -0.1) is 0 Å². The van der Waals surface area contributed by atoms with Gasteiger partial charge in [-0.1, -0.05) is 49.4 Å². The highest BCUT2D eigenvalue weighted by molar-refractivity contribution is 14.1. The Kier molecular flexibility index (Phi) is 7.48. The quantitative estimate of drug-likeness (QED) is 0.336. The average Bonchev–Trinajstić information content (AvgIpc) is 2.73. The number of halogens is 1. The Hall–Kier alpha value is -0.760. The van der Waals surface area contributed by atoms with Crippen LogP contribution in [0, 0.1) is 5.92 Å². The Morgan fingerprint density at radius 3 is 2.48 bits per heavy atom. The van der Waals surface area contributed by atoms with Crippen LogP contribution in [0.5, 0.6) is 0 Å². The van der Waals surface area contributed by atoms with Crippen LogP contribution < -0.4 is 0 Å². The molecule has 0 saturated carbocycles. The molecule has 1 fully saturated rings. The van der Waals surface area contributed by atoms with Gasteiger partial charge >= 0.3 is 0 Å². The first-order valence-corrected chi connectivity index (χ1v) is 11.0. The molecule has 0 radical (unpaired) electrons. The Labute approximate surface area is 177 Å². The van der Waals surface area contributed by atoms with E-state index in [4.69, 9.17) is 4.74 Å². The lowest BCUT2D eigenvalue weighted by Gasteiger charge is -2.40. The number of hydrogen-bond donors (Lipinski definition) is 0. The summed E-state index contributed by atoms with van der Waals surface area (Å²) in [6, 6.07) is 10.9. The number of carbonyl (C=O) groups excluding carboxylic acids is 1. The van der Waals surface area contributed by atoms with Crippen LogP contribution in [0.2, 0.25) is 0 Å². The first-order chi connectivity index (χ1) is 13.1. The van der Waals surface area contributed by atoms with Crippen molar-refractivity contribution in [1.82, 2.24) is 8.01 Å². The maximum absolute atomic E-state index is 13.6. The summed E-state index contributed by atoms with van der Waals surface area (Å²) >= 11 is 2.30. The molecule has 27 heavy (non-hydrogen) atoms. The molecule has 0 spiro atoms. The van der Waals surface area contributed by atoms with Gasteiger partial charge in [-0.2, -0.15) is 0 Å². The monoisotopic (exact) mass is 482 g/mol. The lowest BCUT2D eigenvalue weighted by molar-refractivity contribution is -0.130. The van der Waals surface area contributed by atoms with Gasteiger partial charge in [0, 0.05) is 47.9 Å². The van der Waals surface area contributed by atoms with E-state index in [9.17, 15) is 4.79 Å². The predicted molar refractivity (Wildman–Crippen MR) is 118 cm³/mol. The van der Waals surface area contributed by atoms with Crippen molar-refractivity contribution in [2.75, 3.05) is 33.4 Å². The molecule has 3 unspecified atom stereocenters. The molecule has 0 aromatic heterocycles. The molecule has 1 aliphatic carbocycles. The van der Waals surface area contributed by atoms with Crippen LogP contribution in [0.25, 0.3) is 0 Å². The van der Waals surface area contributed by atoms with Crippen molar-refractivity contribution in [3.63, 3.8) is 0 Å². The molecule has 1 heterocycles. The number of benzene rings is 1. The first kappa shape index (κ1) is 21.0. The average molecular weight is 482 g/mol. The Bertz CT molecular complexity index is 643. The summed E-state index contributed by atoms with van der Waals surface area (Å²) in [5.41, 5.74) is 0.769. The van der Waals surface area contributed by atoms with Crippen LogP contribution in [-0.4, -0.2) is 58.7 Å². The van der Waals surface area contributed by atoms with E-state index in [0.717, 1.165) is 52.0 Å². The topological polar surface area (TPSA) is 32.8 Å². The zero-order valence-electron chi connectivity index (χ0n) is 16.4. The van der Waals surface area contributed by atoms with Crippen LogP contribution in [0.4, 0.5) is 0 Å². The predicted octanol–water partition coefficient (Wildman–Crippen LogP) is 3.90. The van der Waals surface area contributed by atoms with Crippen LogP contribution in [0.3, 0.4) is 0 Å². The van der Waals surface area contributed by atoms with E-state index < -0.39 is 5.54 Å². The highest BCUT2D eigenvalue weighted by Gasteiger charge is 2.43. The van der Waals surface area contributed by atoms with Crippen LogP contribution in [0.1, 0.15) is 31.7 Å². The molecule has 1 aromatic rings. The first-order valence-electron chi connectivity index (χ1n) is 10.0. The highest BCUT2D eigenvalue weighted by Crippen LogP contribution is 2.34. The lowest BCUT2D eigenvalue weighted by atomic mass is 9.75. The van der Waals surface area contributed by atoms with Gasteiger partial charge < -0.3 is 4.74 Å². The second-order valence-corrected chi connectivity index (χ2v) is 9.12. The van der Waals surface area contributed by atoms with E-state index in [2.05, 4.69) is 74.2 Å². The summed E-state index contributed by atoms with van der Waals surface area (Å²) in [6.07, 6.45) is 8.04. The van der Waals surface area contributed by atoms with Crippen molar-refractivity contribution < 1.29 is 9.53 Å². The zero-order chi connectivity index (χ0) is 19.3. The number of carbonyl (C=O) groups is 1. The fourth-order valence-electron chi connectivity index (χ4n) is 4.38. The minimum absolute atomic E-state index is 0.0168. The van der Waals surface area contributed by atoms with Gasteiger partial charge in [-0.05, 0) is 38.3 Å². The van der Waals surface area contributed by atoms with Crippen molar-refractivity contribution >= 4 is 28.6 Å². The van der Waals surface area contributed by atoms with Crippen molar-refractivity contribution in [3.8, 4) is 0 Å². The van der Waals surface area contributed by atoms with Crippen molar-refractivity contribution in [2.24, 2.45) is 5.92 Å². The number of morpholine rings is 1. The number of Topliss-reactive ketones (excluding diaryl/α,β-unsaturated/α-hetero) is 1. The van der Waals surface area contributed by atoms with E-state index in [-0.39, 0.29) is 5.92 Å². The van der Waals surface area contributed by atoms with Gasteiger partial charge in [0.05, 0.1) is 18.8 Å². The number of allylic oxidation sites excluding steroid dienone is 1. The van der Waals surface area contributed by atoms with Gasteiger partial charge in [0.1, 0.15) is 0 Å². The third kappa shape index (κ3) is 4.81. The second kappa shape index (κ2) is 9.63. The summed E-state index contributed by atoms with van der Waals surface area (Å²) in [5, 5.41) is 0. The minimum atomic E-state index is -0.456. The van der Waals surface area contributed by atoms with Crippen molar-refractivity contribution in [1.29, 1.82) is 0 Å². The summed E-state index contributed by atoms with van der Waals surface area (Å²) in [6.45, 7) is 5.78. The SMILES string of the molecule is CCC(Cc1ccccc1)(C(=O)C1C=CC(N2CCOCC2)CC1)N(C)I. The molecule has 1 aliphatic heterocycles. The molecule has 0 bridgehead atoms. The van der Waals surface area contributed by atoms with E-state index >= 15 is 0 Å². The number of likely N-dealkylation sites (N-methyl/N-ethyl adjacent to an activating group) is 1. The Morgan fingerprint density at radius 2 is 1.93 bits per heavy atom. The highest BCUT2D eigenvalue weighted by atomic mass is 127. The number of ketones is 1. The summed E-state index contributed by atoms with van der Waals surface area (Å²) in [4.78, 5) is 16.1. The van der Waals surface area contributed by atoms with Crippen LogP contribution >= 0.6 is 22.9 Å². The molecule has 148 valence electrons. The Balaban J connectivity index is 1.74. The van der Waals surface area contributed by atoms with Crippen LogP contribution in [0.15, 0.2) is 42.5 Å². The normalized spacial score (nSPS) is 26.1. The van der Waals surface area contributed by atoms with E-state index in [1.807, 2.05) is 13.1 Å². The largest absolute Gasteiger partial charge is 0.379 e. The van der Waals surface area contributed by atoms with Crippen LogP contribution in [-0.2, 0) is 16.0 Å². The molecule has 3 atom stereocenters. The molecule has 3 rings (SSSR count). The molecule has 0 amide bonds. The van der Waals surface area contributed by atoms with E-state index in [0.29, 0.717) is 11.8 Å². The number of rotatable bonds is 7. The Morgan fingerprint density at radius 1 is 1.22 bits per heavy atom. The third-order valence-electron chi connectivity index (χ3n) is 6.16. The van der Waals surface area contributed by atoms with Crippen molar-refractivity contribution in [2.45, 2.75) is 44.2 Å². The summed E-state index contributed by atoms with van der Waals surface area (Å²) < 4.78 is 7.58. The molecular formula is C22H31IN2O2. The van der Waals surface area contributed by atoms with Gasteiger partial charge in [0.25, 0.3) is 0 Å². The molecule has 0 N–H and O–H groups in total. The zero-order valence-corrected chi connectivity index (χ0v) is 18.6. The maximum atomic E-state index is 13.6. The molecule has 4 nitrogen and oxygen atoms in total. The van der Waals surface area contributed by atoms with Crippen molar-refractivity contribution in [3.05, 3.63) is 48.0 Å². The van der Waals surface area contributed by atoms with E-state index in [1.54, 1.807) is 0 Å². The summed E-state index contributed by atoms with van der Waals surface area (Å²) in [7, 11) is 2.04. The standard InChI is InChI=1S/C22H31IN2O2/c1-3-22(24(2)23,17-18-7-5-4-6-8-18)21(26)19-9-11-20(12-10-19)25-13-15-27-16-14-25/h4-9,11,19-20H,3,10,12-17H2,1-2H3. The lowest BCUT2D eigenvalue weighted by Crippen LogP contribution is -2.53. The van der Waals surface area contributed by atoms with E-state index in [1.165, 1.54) is 5.56 Å². The van der Waals surface area contributed by atoms with Gasteiger partial charge in [0.2, 0.25) is 0 Å². The smallest absolute Gasteiger partial charge is 0.160 e. The van der Waals surface area contributed by atoms with Gasteiger partial charge in [0.15, 0.2) is 5.78 Å². The van der Waals surface area contributed by atoms with Gasteiger partial charge in [-0.25, -0.2) is 3.11 Å². The molecule has 1 saturated heterocycles. The second-order valence-electron chi connectivity index (χ2n) is 7.67. The molecule has 2 aliphatic rings. The maximum Gasteiger partial charge on any atom is 0.160 e. The molecular weight excluding hydrogens is 451 g/mol. The third-order valence-corrected chi connectivity index (χ3v) is 7.09.